The van der Waals surface area contributed by atoms with Crippen molar-refractivity contribution in [2.24, 2.45) is 5.92 Å². The summed E-state index contributed by atoms with van der Waals surface area (Å²) in [7, 11) is 0. The molecule has 132 valence electrons. The highest BCUT2D eigenvalue weighted by molar-refractivity contribution is 5.89. The summed E-state index contributed by atoms with van der Waals surface area (Å²) in [5.41, 5.74) is 2.39. The minimum atomic E-state index is -0.226. The Bertz CT molecular complexity index is 564. The first-order valence-corrected chi connectivity index (χ1v) is 9.18. The van der Waals surface area contributed by atoms with Crippen molar-refractivity contribution < 1.29 is 9.59 Å². The molecule has 2 atom stereocenters. The second-order valence-electron chi connectivity index (χ2n) is 6.74. The van der Waals surface area contributed by atoms with Crippen LogP contribution >= 0.6 is 0 Å². The third-order valence-corrected chi connectivity index (χ3v) is 5.16. The zero-order valence-corrected chi connectivity index (χ0v) is 15.3. The molecular weight excluding hydrogens is 300 g/mol. The van der Waals surface area contributed by atoms with Crippen LogP contribution < -0.4 is 5.32 Å². The van der Waals surface area contributed by atoms with E-state index in [1.807, 2.05) is 11.8 Å². The van der Waals surface area contributed by atoms with Crippen LogP contribution in [0.1, 0.15) is 64.1 Å². The number of benzene rings is 1. The molecule has 1 N–H and O–H groups in total. The van der Waals surface area contributed by atoms with Crippen LogP contribution in [0.2, 0.25) is 0 Å². The van der Waals surface area contributed by atoms with E-state index in [4.69, 9.17) is 0 Å². The first kappa shape index (κ1) is 18.5. The number of likely N-dealkylation sites (tertiary alicyclic amines) is 1. The van der Waals surface area contributed by atoms with Gasteiger partial charge in [-0.3, -0.25) is 9.59 Å². The number of amides is 2. The first-order valence-electron chi connectivity index (χ1n) is 9.18. The van der Waals surface area contributed by atoms with Crippen LogP contribution in [0.25, 0.3) is 0 Å². The van der Waals surface area contributed by atoms with Crippen LogP contribution in [-0.4, -0.2) is 29.3 Å². The van der Waals surface area contributed by atoms with Crippen molar-refractivity contribution >= 4 is 11.8 Å². The van der Waals surface area contributed by atoms with Crippen LogP contribution in [0.4, 0.5) is 0 Å². The van der Waals surface area contributed by atoms with Crippen molar-refractivity contribution in [3.63, 3.8) is 0 Å². The fourth-order valence-corrected chi connectivity index (χ4v) is 3.45. The molecule has 4 heteroatoms. The lowest BCUT2D eigenvalue weighted by molar-refractivity contribution is -0.130. The lowest BCUT2D eigenvalue weighted by Crippen LogP contribution is -2.38. The van der Waals surface area contributed by atoms with Crippen LogP contribution in [0.3, 0.4) is 0 Å². The van der Waals surface area contributed by atoms with Gasteiger partial charge in [-0.25, -0.2) is 0 Å². The van der Waals surface area contributed by atoms with Gasteiger partial charge in [-0.15, -0.1) is 0 Å². The maximum atomic E-state index is 12.6. The van der Waals surface area contributed by atoms with Crippen molar-refractivity contribution in [1.29, 1.82) is 0 Å². The average Bonchev–Trinajstić information content (AvgIpc) is 2.98. The molecule has 1 aliphatic rings. The fourth-order valence-electron chi connectivity index (χ4n) is 3.45. The maximum absolute atomic E-state index is 12.6. The second-order valence-corrected chi connectivity index (χ2v) is 6.74. The Labute approximate surface area is 145 Å². The monoisotopic (exact) mass is 330 g/mol. The number of nitrogens with one attached hydrogen (secondary N) is 1. The van der Waals surface area contributed by atoms with E-state index in [0.717, 1.165) is 24.8 Å². The van der Waals surface area contributed by atoms with Crippen LogP contribution in [0.15, 0.2) is 24.3 Å². The van der Waals surface area contributed by atoms with Crippen molar-refractivity contribution in [3.05, 3.63) is 35.4 Å². The Kier molecular flexibility index (Phi) is 6.41. The first-order chi connectivity index (χ1) is 11.5. The Balaban J connectivity index is 1.95. The summed E-state index contributed by atoms with van der Waals surface area (Å²) < 4.78 is 0. The molecule has 0 spiro atoms. The van der Waals surface area contributed by atoms with Crippen LogP contribution in [0, 0.1) is 5.92 Å². The molecule has 0 radical (unpaired) electrons. The molecule has 1 fully saturated rings. The van der Waals surface area contributed by atoms with Gasteiger partial charge in [0.1, 0.15) is 0 Å². The third kappa shape index (κ3) is 4.16. The van der Waals surface area contributed by atoms with E-state index in [0.29, 0.717) is 13.0 Å². The Morgan fingerprint density at radius 1 is 1.21 bits per heavy atom. The number of hydrogen-bond acceptors (Lipinski definition) is 2. The van der Waals surface area contributed by atoms with Gasteiger partial charge in [0.25, 0.3) is 0 Å². The van der Waals surface area contributed by atoms with E-state index in [9.17, 15) is 9.59 Å². The Morgan fingerprint density at radius 2 is 1.83 bits per heavy atom. The van der Waals surface area contributed by atoms with Gasteiger partial charge in [-0.2, -0.15) is 0 Å². The van der Waals surface area contributed by atoms with Gasteiger partial charge in [-0.1, -0.05) is 45.0 Å². The zero-order valence-electron chi connectivity index (χ0n) is 15.3. The highest BCUT2D eigenvalue weighted by Gasteiger charge is 2.37. The lowest BCUT2D eigenvalue weighted by atomic mass is 10.0. The fraction of sp³-hybridized carbons (Fsp3) is 0.600. The minimum Gasteiger partial charge on any atom is -0.349 e. The Hall–Kier alpha value is -1.84. The van der Waals surface area contributed by atoms with Crippen LogP contribution in [-0.2, 0) is 16.0 Å². The molecule has 1 aliphatic heterocycles. The largest absolute Gasteiger partial charge is 0.349 e. The quantitative estimate of drug-likeness (QED) is 0.832. The SMILES string of the molecule is CCc1ccc(C(C)NC(=O)C2CC(=O)N(C(CC)CC)C2)cc1. The molecule has 0 saturated carbocycles. The molecular formula is C20H30N2O2. The standard InChI is InChI=1S/C20H30N2O2/c1-5-15-8-10-16(11-9-15)14(4)21-20(24)17-12-19(23)22(13-17)18(6-2)7-3/h8-11,14,17-18H,5-7,12-13H2,1-4H3,(H,21,24). The van der Waals surface area contributed by atoms with Crippen molar-refractivity contribution in [2.75, 3.05) is 6.54 Å². The average molecular weight is 330 g/mol. The molecule has 24 heavy (non-hydrogen) atoms. The number of hydrogen-bond donors (Lipinski definition) is 1. The number of nitrogens with zero attached hydrogens (tertiary/aromatic N) is 1. The third-order valence-electron chi connectivity index (χ3n) is 5.16. The van der Waals surface area contributed by atoms with Crippen LogP contribution in [0.5, 0.6) is 0 Å². The summed E-state index contributed by atoms with van der Waals surface area (Å²) in [6.07, 6.45) is 3.23. The summed E-state index contributed by atoms with van der Waals surface area (Å²) in [5.74, 6) is -0.122. The van der Waals surface area contributed by atoms with E-state index in [-0.39, 0.29) is 29.8 Å². The summed E-state index contributed by atoms with van der Waals surface area (Å²) >= 11 is 0. The second kappa shape index (κ2) is 8.32. The molecule has 0 bridgehead atoms. The van der Waals surface area contributed by atoms with Gasteiger partial charge in [0.2, 0.25) is 11.8 Å². The number of carbonyl (C=O) groups is 2. The van der Waals surface area contributed by atoms with Crippen molar-refractivity contribution in [3.8, 4) is 0 Å². The predicted molar refractivity (Wildman–Crippen MR) is 96.6 cm³/mol. The molecule has 2 amide bonds. The normalized spacial score (nSPS) is 19.0. The van der Waals surface area contributed by atoms with E-state index in [1.165, 1.54) is 5.56 Å². The molecule has 1 saturated heterocycles. The predicted octanol–water partition coefficient (Wildman–Crippen LogP) is 3.46. The topological polar surface area (TPSA) is 49.4 Å². The van der Waals surface area contributed by atoms with E-state index in [1.54, 1.807) is 0 Å². The van der Waals surface area contributed by atoms with Gasteiger partial charge < -0.3 is 10.2 Å². The number of rotatable bonds is 7. The number of aryl methyl sites for hydroxylation is 1. The van der Waals surface area contributed by atoms with E-state index in [2.05, 4.69) is 50.4 Å². The highest BCUT2D eigenvalue weighted by Crippen LogP contribution is 2.24. The van der Waals surface area contributed by atoms with Gasteiger partial charge in [-0.05, 0) is 37.3 Å². The summed E-state index contributed by atoms with van der Waals surface area (Å²) in [4.78, 5) is 26.7. The van der Waals surface area contributed by atoms with Crippen molar-refractivity contribution in [2.45, 2.75) is 65.5 Å². The molecule has 4 nitrogen and oxygen atoms in total. The van der Waals surface area contributed by atoms with Gasteiger partial charge in [0.05, 0.1) is 12.0 Å². The molecule has 1 aromatic rings. The molecule has 2 rings (SSSR count). The smallest absolute Gasteiger partial charge is 0.225 e. The van der Waals surface area contributed by atoms with E-state index < -0.39 is 0 Å². The van der Waals surface area contributed by atoms with Gasteiger partial charge in [0.15, 0.2) is 0 Å². The summed E-state index contributed by atoms with van der Waals surface area (Å²) in [6, 6.07) is 8.56. The van der Waals surface area contributed by atoms with Gasteiger partial charge in [0, 0.05) is 19.0 Å². The lowest BCUT2D eigenvalue weighted by Gasteiger charge is -2.26. The van der Waals surface area contributed by atoms with Gasteiger partial charge >= 0.3 is 0 Å². The van der Waals surface area contributed by atoms with E-state index >= 15 is 0 Å². The molecule has 1 aromatic carbocycles. The minimum absolute atomic E-state index is 0.0103. The number of carbonyl (C=O) groups excluding carboxylic acids is 2. The summed E-state index contributed by atoms with van der Waals surface area (Å²) in [6.45, 7) is 8.86. The highest BCUT2D eigenvalue weighted by atomic mass is 16.2. The molecule has 0 aromatic heterocycles. The maximum Gasteiger partial charge on any atom is 0.225 e. The summed E-state index contributed by atoms with van der Waals surface area (Å²) in [5, 5.41) is 3.07. The molecule has 0 aliphatic carbocycles. The molecule has 2 unspecified atom stereocenters. The molecule has 1 heterocycles. The Morgan fingerprint density at radius 3 is 2.38 bits per heavy atom. The zero-order chi connectivity index (χ0) is 17.7. The van der Waals surface area contributed by atoms with Crippen molar-refractivity contribution in [1.82, 2.24) is 10.2 Å².